The van der Waals surface area contributed by atoms with Gasteiger partial charge >= 0.3 is 0 Å². The second kappa shape index (κ2) is 7.21. The van der Waals surface area contributed by atoms with Crippen molar-refractivity contribution >= 4 is 5.91 Å². The molecular weight excluding hydrogens is 323 g/mol. The number of nitrogens with one attached hydrogen (secondary N) is 1. The summed E-state index contributed by atoms with van der Waals surface area (Å²) in [6.45, 7) is 4.06. The topological polar surface area (TPSA) is 80.9 Å². The molecule has 1 N–H and O–H groups in total. The van der Waals surface area contributed by atoms with Crippen molar-refractivity contribution in [1.29, 1.82) is 0 Å². The lowest BCUT2D eigenvalue weighted by Crippen LogP contribution is -2.23. The summed E-state index contributed by atoms with van der Waals surface area (Å²) >= 11 is 0. The van der Waals surface area contributed by atoms with Crippen molar-refractivity contribution in [2.45, 2.75) is 26.3 Å². The van der Waals surface area contributed by atoms with Crippen LogP contribution in [0.4, 0.5) is 4.39 Å². The van der Waals surface area contributed by atoms with Crippen molar-refractivity contribution in [3.8, 4) is 11.3 Å². The molecule has 6 nitrogen and oxygen atoms in total. The molecule has 0 saturated carbocycles. The van der Waals surface area contributed by atoms with E-state index in [1.807, 2.05) is 13.8 Å². The van der Waals surface area contributed by atoms with Crippen molar-refractivity contribution in [3.63, 3.8) is 0 Å². The summed E-state index contributed by atoms with van der Waals surface area (Å²) in [6.07, 6.45) is 1.45. The Hall–Kier alpha value is -3.09. The number of amides is 1. The van der Waals surface area contributed by atoms with Crippen LogP contribution in [0.1, 0.15) is 41.8 Å². The van der Waals surface area contributed by atoms with E-state index < -0.39 is 0 Å². The van der Waals surface area contributed by atoms with Crippen LogP contribution in [0, 0.1) is 5.82 Å². The second-order valence-electron chi connectivity index (χ2n) is 5.83. The fourth-order valence-electron chi connectivity index (χ4n) is 2.18. The number of rotatable bonds is 5. The number of aromatic nitrogens is 3. The zero-order valence-electron chi connectivity index (χ0n) is 13.9. The number of hydrogen-bond acceptors (Lipinski definition) is 5. The van der Waals surface area contributed by atoms with Gasteiger partial charge < -0.3 is 9.84 Å². The first-order valence-corrected chi connectivity index (χ1v) is 7.85. The molecule has 2 heterocycles. The van der Waals surface area contributed by atoms with Gasteiger partial charge in [0.15, 0.2) is 5.82 Å². The molecule has 0 spiro atoms. The Morgan fingerprint density at radius 2 is 2.12 bits per heavy atom. The first-order valence-electron chi connectivity index (χ1n) is 7.85. The average Bonchev–Trinajstić information content (AvgIpc) is 3.09. The summed E-state index contributed by atoms with van der Waals surface area (Å²) in [7, 11) is 0. The minimum atomic E-state index is -0.332. The molecule has 0 aliphatic carbocycles. The van der Waals surface area contributed by atoms with Crippen LogP contribution in [0.15, 0.2) is 47.1 Å². The Morgan fingerprint density at radius 3 is 2.76 bits per heavy atom. The molecule has 0 radical (unpaired) electrons. The lowest BCUT2D eigenvalue weighted by molar-refractivity contribution is 0.0946. The summed E-state index contributed by atoms with van der Waals surface area (Å²) in [4.78, 5) is 20.6. The van der Waals surface area contributed by atoms with Gasteiger partial charge in [-0.15, -0.1) is 0 Å². The molecule has 0 atom stereocenters. The molecule has 3 rings (SSSR count). The van der Waals surface area contributed by atoms with Crippen LogP contribution in [0.3, 0.4) is 0 Å². The highest BCUT2D eigenvalue weighted by molar-refractivity contribution is 5.94. The molecule has 0 saturated heterocycles. The molecule has 0 aliphatic rings. The van der Waals surface area contributed by atoms with E-state index in [1.165, 1.54) is 18.3 Å². The molecule has 1 aromatic carbocycles. The molecule has 0 fully saturated rings. The van der Waals surface area contributed by atoms with Crippen LogP contribution in [-0.4, -0.2) is 21.0 Å². The Labute approximate surface area is 144 Å². The maximum absolute atomic E-state index is 13.3. The maximum Gasteiger partial charge on any atom is 0.253 e. The SMILES string of the molecule is CC(C)c1noc(CNC(=O)c2ccc(-c3cccc(F)c3)nc2)n1. The van der Waals surface area contributed by atoms with Crippen molar-refractivity contribution in [2.75, 3.05) is 0 Å². The lowest BCUT2D eigenvalue weighted by atomic mass is 10.1. The van der Waals surface area contributed by atoms with Gasteiger partial charge in [0.25, 0.3) is 5.91 Å². The van der Waals surface area contributed by atoms with Crippen LogP contribution < -0.4 is 5.32 Å². The van der Waals surface area contributed by atoms with E-state index in [4.69, 9.17) is 4.52 Å². The van der Waals surface area contributed by atoms with Crippen LogP contribution in [0.2, 0.25) is 0 Å². The van der Waals surface area contributed by atoms with E-state index in [9.17, 15) is 9.18 Å². The monoisotopic (exact) mass is 340 g/mol. The normalized spacial score (nSPS) is 10.9. The van der Waals surface area contributed by atoms with E-state index in [1.54, 1.807) is 24.3 Å². The first kappa shape index (κ1) is 16.8. The van der Waals surface area contributed by atoms with Gasteiger partial charge in [0.1, 0.15) is 5.82 Å². The van der Waals surface area contributed by atoms with Crippen LogP contribution >= 0.6 is 0 Å². The van der Waals surface area contributed by atoms with Crippen LogP contribution in [0.5, 0.6) is 0 Å². The largest absolute Gasteiger partial charge is 0.343 e. The fourth-order valence-corrected chi connectivity index (χ4v) is 2.18. The van der Waals surface area contributed by atoms with Gasteiger partial charge in [-0.2, -0.15) is 4.98 Å². The molecule has 128 valence electrons. The predicted octanol–water partition coefficient (Wildman–Crippen LogP) is 3.32. The third-order valence-corrected chi connectivity index (χ3v) is 3.55. The third kappa shape index (κ3) is 4.06. The summed E-state index contributed by atoms with van der Waals surface area (Å²) in [5, 5.41) is 6.54. The number of carbonyl (C=O) groups excluding carboxylic acids is 1. The minimum absolute atomic E-state index is 0.143. The lowest BCUT2D eigenvalue weighted by Gasteiger charge is -2.04. The molecular formula is C18H17FN4O2. The molecule has 1 amide bonds. The second-order valence-corrected chi connectivity index (χ2v) is 5.83. The van der Waals surface area contributed by atoms with Crippen LogP contribution in [-0.2, 0) is 6.54 Å². The van der Waals surface area contributed by atoms with E-state index in [2.05, 4.69) is 20.4 Å². The molecule has 0 unspecified atom stereocenters. The first-order chi connectivity index (χ1) is 12.0. The quantitative estimate of drug-likeness (QED) is 0.770. The molecule has 0 aliphatic heterocycles. The van der Waals surface area contributed by atoms with Crippen molar-refractivity contribution < 1.29 is 13.7 Å². The highest BCUT2D eigenvalue weighted by atomic mass is 19.1. The van der Waals surface area contributed by atoms with Gasteiger partial charge in [-0.3, -0.25) is 9.78 Å². The van der Waals surface area contributed by atoms with Crippen molar-refractivity contribution in [3.05, 3.63) is 65.7 Å². The predicted molar refractivity (Wildman–Crippen MR) is 89.2 cm³/mol. The summed E-state index contributed by atoms with van der Waals surface area (Å²) in [6, 6.07) is 9.44. The van der Waals surface area contributed by atoms with E-state index >= 15 is 0 Å². The van der Waals surface area contributed by atoms with Gasteiger partial charge in [-0.25, -0.2) is 4.39 Å². The summed E-state index contributed by atoms with van der Waals surface area (Å²) < 4.78 is 18.3. The number of nitrogens with zero attached hydrogens (tertiary/aromatic N) is 3. The van der Waals surface area contributed by atoms with Crippen molar-refractivity contribution in [2.24, 2.45) is 0 Å². The van der Waals surface area contributed by atoms with Gasteiger partial charge in [0.2, 0.25) is 5.89 Å². The zero-order chi connectivity index (χ0) is 17.8. The van der Waals surface area contributed by atoms with E-state index in [0.717, 1.165) is 0 Å². The zero-order valence-corrected chi connectivity index (χ0v) is 13.9. The number of halogens is 1. The fraction of sp³-hybridized carbons (Fsp3) is 0.222. The Morgan fingerprint density at radius 1 is 1.28 bits per heavy atom. The highest BCUT2D eigenvalue weighted by Crippen LogP contribution is 2.18. The minimum Gasteiger partial charge on any atom is -0.343 e. The number of pyridine rings is 1. The van der Waals surface area contributed by atoms with Gasteiger partial charge in [0, 0.05) is 17.7 Å². The number of benzene rings is 1. The maximum atomic E-state index is 13.3. The molecule has 25 heavy (non-hydrogen) atoms. The Kier molecular flexibility index (Phi) is 4.83. The Balaban J connectivity index is 1.64. The number of hydrogen-bond donors (Lipinski definition) is 1. The molecule has 2 aromatic heterocycles. The van der Waals surface area contributed by atoms with Gasteiger partial charge in [-0.1, -0.05) is 31.1 Å². The van der Waals surface area contributed by atoms with Crippen molar-refractivity contribution in [1.82, 2.24) is 20.4 Å². The van der Waals surface area contributed by atoms with Gasteiger partial charge in [0.05, 0.1) is 17.8 Å². The average molecular weight is 340 g/mol. The van der Waals surface area contributed by atoms with E-state index in [-0.39, 0.29) is 24.2 Å². The van der Waals surface area contributed by atoms with Crippen LogP contribution in [0.25, 0.3) is 11.3 Å². The standard InChI is InChI=1S/C18H17FN4O2/c1-11(2)17-22-16(25-23-17)10-21-18(24)13-6-7-15(20-9-13)12-4-3-5-14(19)8-12/h3-9,11H,10H2,1-2H3,(H,21,24). The molecule has 0 bridgehead atoms. The van der Waals surface area contributed by atoms with Gasteiger partial charge in [-0.05, 0) is 24.3 Å². The molecule has 7 heteroatoms. The number of carbonyl (C=O) groups is 1. The highest BCUT2D eigenvalue weighted by Gasteiger charge is 2.12. The van der Waals surface area contributed by atoms with E-state index in [0.29, 0.717) is 28.5 Å². The Bertz CT molecular complexity index is 875. The third-order valence-electron chi connectivity index (χ3n) is 3.55. The smallest absolute Gasteiger partial charge is 0.253 e. The summed E-state index contributed by atoms with van der Waals surface area (Å²) in [5.74, 6) is 0.476. The molecule has 3 aromatic rings. The summed E-state index contributed by atoms with van der Waals surface area (Å²) in [5.41, 5.74) is 1.64.